The van der Waals surface area contributed by atoms with E-state index in [4.69, 9.17) is 11.6 Å². The van der Waals surface area contributed by atoms with Crippen molar-refractivity contribution in [3.8, 4) is 0 Å². The van der Waals surface area contributed by atoms with Gasteiger partial charge >= 0.3 is 5.97 Å². The second kappa shape index (κ2) is 7.60. The zero-order valence-electron chi connectivity index (χ0n) is 16.5. The monoisotopic (exact) mass is 430 g/mol. The van der Waals surface area contributed by atoms with Crippen LogP contribution in [0, 0.1) is 0 Å². The van der Waals surface area contributed by atoms with Crippen molar-refractivity contribution >= 4 is 34.4 Å². The number of fused-ring (bicyclic) bond motifs is 3. The minimum atomic E-state index is -1.04. The second-order valence-corrected chi connectivity index (χ2v) is 8.03. The van der Waals surface area contributed by atoms with Crippen LogP contribution < -0.4 is 0 Å². The first-order valence-corrected chi connectivity index (χ1v) is 10.4. The van der Waals surface area contributed by atoms with Gasteiger partial charge in [-0.2, -0.15) is 0 Å². The highest BCUT2D eigenvalue weighted by Crippen LogP contribution is 2.42. The molecule has 0 saturated carbocycles. The number of carbonyl (C=O) groups excluding carboxylic acids is 1. The largest absolute Gasteiger partial charge is 0.480 e. The minimum absolute atomic E-state index is 0.216. The molecular formula is C25H19ClN2O3. The predicted molar refractivity (Wildman–Crippen MR) is 119 cm³/mol. The normalized spacial score (nSPS) is 18.0. The fourth-order valence-corrected chi connectivity index (χ4v) is 4.70. The molecule has 0 saturated heterocycles. The number of carbonyl (C=O) groups is 2. The summed E-state index contributed by atoms with van der Waals surface area (Å²) in [5.74, 6) is -1.45. The standard InChI is InChI=1S/C25H19ClN2O3/c26-19-12-6-4-11-17(19)24(29)28-21(25(30)31)14-18-16-10-5-7-13-20(16)27-22(18)23(28)15-8-2-1-3-9-15/h1-13,21,23,27H,14H2,(H,30,31). The van der Waals surface area contributed by atoms with Crippen molar-refractivity contribution in [3.63, 3.8) is 0 Å². The van der Waals surface area contributed by atoms with E-state index in [0.717, 1.165) is 27.7 Å². The van der Waals surface area contributed by atoms with Gasteiger partial charge in [0, 0.05) is 23.0 Å². The number of aromatic amines is 1. The second-order valence-electron chi connectivity index (χ2n) is 7.63. The number of halogens is 1. The van der Waals surface area contributed by atoms with Crippen LogP contribution >= 0.6 is 11.6 Å². The Balaban J connectivity index is 1.77. The molecule has 2 atom stereocenters. The number of hydrogen-bond donors (Lipinski definition) is 2. The number of amides is 1. The Hall–Kier alpha value is -3.57. The van der Waals surface area contributed by atoms with Gasteiger partial charge < -0.3 is 15.0 Å². The molecular weight excluding hydrogens is 412 g/mol. The predicted octanol–water partition coefficient (Wildman–Crippen LogP) is 5.06. The number of hydrogen-bond acceptors (Lipinski definition) is 2. The third-order valence-electron chi connectivity index (χ3n) is 5.87. The molecule has 6 heteroatoms. The van der Waals surface area contributed by atoms with Crippen LogP contribution in [0.1, 0.15) is 33.2 Å². The van der Waals surface area contributed by atoms with Crippen LogP contribution in [0.3, 0.4) is 0 Å². The molecule has 0 aliphatic carbocycles. The van der Waals surface area contributed by atoms with Crippen LogP contribution in [0.15, 0.2) is 78.9 Å². The van der Waals surface area contributed by atoms with Crippen LogP contribution in [0.25, 0.3) is 10.9 Å². The summed E-state index contributed by atoms with van der Waals surface area (Å²) in [6.07, 6.45) is 0.216. The maximum absolute atomic E-state index is 13.7. The Kier molecular flexibility index (Phi) is 4.75. The maximum atomic E-state index is 13.7. The van der Waals surface area contributed by atoms with E-state index in [1.807, 2.05) is 54.6 Å². The van der Waals surface area contributed by atoms with Gasteiger partial charge in [0.05, 0.1) is 16.6 Å². The van der Waals surface area contributed by atoms with Crippen molar-refractivity contribution in [2.24, 2.45) is 0 Å². The van der Waals surface area contributed by atoms with E-state index in [1.165, 1.54) is 4.90 Å². The third kappa shape index (κ3) is 3.18. The van der Waals surface area contributed by atoms with Gasteiger partial charge in [-0.25, -0.2) is 4.79 Å². The molecule has 2 heterocycles. The highest BCUT2D eigenvalue weighted by atomic mass is 35.5. The minimum Gasteiger partial charge on any atom is -0.480 e. The SMILES string of the molecule is O=C(O)C1Cc2c([nH]c3ccccc23)C(c2ccccc2)N1C(=O)c1ccccc1Cl. The molecule has 0 spiro atoms. The first kappa shape index (κ1) is 19.4. The molecule has 5 nitrogen and oxygen atoms in total. The van der Waals surface area contributed by atoms with E-state index < -0.39 is 24.0 Å². The van der Waals surface area contributed by atoms with Crippen LogP contribution in [0.4, 0.5) is 0 Å². The lowest BCUT2D eigenvalue weighted by Gasteiger charge is -2.40. The first-order chi connectivity index (χ1) is 15.1. The van der Waals surface area contributed by atoms with Crippen molar-refractivity contribution in [3.05, 3.63) is 106 Å². The summed E-state index contributed by atoms with van der Waals surface area (Å²) < 4.78 is 0. The van der Waals surface area contributed by atoms with Gasteiger partial charge in [0.1, 0.15) is 6.04 Å². The summed E-state index contributed by atoms with van der Waals surface area (Å²) in [4.78, 5) is 31.0. The number of nitrogens with one attached hydrogen (secondary N) is 1. The number of H-pyrrole nitrogens is 1. The van der Waals surface area contributed by atoms with E-state index in [0.29, 0.717) is 5.02 Å². The van der Waals surface area contributed by atoms with Gasteiger partial charge in [0.15, 0.2) is 0 Å². The molecule has 31 heavy (non-hydrogen) atoms. The van der Waals surface area contributed by atoms with Gasteiger partial charge in [-0.3, -0.25) is 4.79 Å². The number of nitrogens with zero attached hydrogens (tertiary/aromatic N) is 1. The van der Waals surface area contributed by atoms with E-state index in [2.05, 4.69) is 4.98 Å². The zero-order chi connectivity index (χ0) is 21.5. The molecule has 0 radical (unpaired) electrons. The lowest BCUT2D eigenvalue weighted by atomic mass is 9.87. The average molecular weight is 431 g/mol. The Labute approximate surface area is 183 Å². The number of aromatic nitrogens is 1. The topological polar surface area (TPSA) is 73.4 Å². The quantitative estimate of drug-likeness (QED) is 0.477. The highest BCUT2D eigenvalue weighted by Gasteiger charge is 2.44. The van der Waals surface area contributed by atoms with Crippen LogP contribution in [-0.4, -0.2) is 32.9 Å². The molecule has 0 fully saturated rings. The van der Waals surface area contributed by atoms with E-state index in [1.54, 1.807) is 24.3 Å². The van der Waals surface area contributed by atoms with Crippen molar-refractivity contribution in [1.29, 1.82) is 0 Å². The molecule has 5 rings (SSSR count). The average Bonchev–Trinajstić information content (AvgIpc) is 3.16. The molecule has 1 aliphatic rings. The van der Waals surface area contributed by atoms with E-state index in [-0.39, 0.29) is 12.0 Å². The number of carboxylic acids is 1. The first-order valence-electron chi connectivity index (χ1n) is 10.0. The summed E-state index contributed by atoms with van der Waals surface area (Å²) in [5, 5.41) is 11.4. The molecule has 4 aromatic rings. The fraction of sp³-hybridized carbons (Fsp3) is 0.120. The summed E-state index contributed by atoms with van der Waals surface area (Å²) in [6.45, 7) is 0. The Morgan fingerprint density at radius 2 is 1.61 bits per heavy atom. The molecule has 154 valence electrons. The summed E-state index contributed by atoms with van der Waals surface area (Å²) in [5.41, 5.74) is 3.81. The molecule has 0 bridgehead atoms. The van der Waals surface area contributed by atoms with Crippen LogP contribution in [0.2, 0.25) is 5.02 Å². The number of carboxylic acid groups (broad SMARTS) is 1. The number of aliphatic carboxylic acids is 1. The van der Waals surface area contributed by atoms with E-state index in [9.17, 15) is 14.7 Å². The van der Waals surface area contributed by atoms with Crippen molar-refractivity contribution < 1.29 is 14.7 Å². The summed E-state index contributed by atoms with van der Waals surface area (Å²) in [7, 11) is 0. The third-order valence-corrected chi connectivity index (χ3v) is 6.20. The smallest absolute Gasteiger partial charge is 0.326 e. The molecule has 1 aliphatic heterocycles. The zero-order valence-corrected chi connectivity index (χ0v) is 17.2. The van der Waals surface area contributed by atoms with Crippen LogP contribution in [0.5, 0.6) is 0 Å². The number of para-hydroxylation sites is 1. The van der Waals surface area contributed by atoms with Gasteiger partial charge in [-0.1, -0.05) is 72.3 Å². The van der Waals surface area contributed by atoms with Crippen molar-refractivity contribution in [2.75, 3.05) is 0 Å². The lowest BCUT2D eigenvalue weighted by molar-refractivity contribution is -0.143. The van der Waals surface area contributed by atoms with Crippen molar-refractivity contribution in [1.82, 2.24) is 9.88 Å². The summed E-state index contributed by atoms with van der Waals surface area (Å²) in [6, 6.07) is 22.5. The maximum Gasteiger partial charge on any atom is 0.326 e. The molecule has 2 N–H and O–H groups in total. The highest BCUT2D eigenvalue weighted by molar-refractivity contribution is 6.33. The van der Waals surface area contributed by atoms with Crippen LogP contribution in [-0.2, 0) is 11.2 Å². The van der Waals surface area contributed by atoms with Gasteiger partial charge in [0.25, 0.3) is 5.91 Å². The Bertz CT molecular complexity index is 1300. The van der Waals surface area contributed by atoms with Crippen molar-refractivity contribution in [2.45, 2.75) is 18.5 Å². The Morgan fingerprint density at radius 3 is 2.35 bits per heavy atom. The Morgan fingerprint density at radius 1 is 0.935 bits per heavy atom. The van der Waals surface area contributed by atoms with E-state index >= 15 is 0 Å². The number of rotatable bonds is 3. The van der Waals surface area contributed by atoms with Gasteiger partial charge in [-0.05, 0) is 29.3 Å². The summed E-state index contributed by atoms with van der Waals surface area (Å²) >= 11 is 6.32. The van der Waals surface area contributed by atoms with Gasteiger partial charge in [0.2, 0.25) is 0 Å². The molecule has 2 unspecified atom stereocenters. The number of benzene rings is 3. The molecule has 3 aromatic carbocycles. The van der Waals surface area contributed by atoms with Gasteiger partial charge in [-0.15, -0.1) is 0 Å². The molecule has 1 amide bonds. The molecule has 1 aromatic heterocycles. The lowest BCUT2D eigenvalue weighted by Crippen LogP contribution is -2.51. The fourth-order valence-electron chi connectivity index (χ4n) is 4.49.